The highest BCUT2D eigenvalue weighted by molar-refractivity contribution is 5.83. The van der Waals surface area contributed by atoms with Crippen molar-refractivity contribution in [2.45, 2.75) is 0 Å². The van der Waals surface area contributed by atoms with Crippen LogP contribution in [0.4, 0.5) is 0 Å². The maximum Gasteiger partial charge on any atom is 0.164 e. The van der Waals surface area contributed by atoms with Gasteiger partial charge in [-0.2, -0.15) is 0 Å². The molecule has 0 atom stereocenters. The average Bonchev–Trinajstić information content (AvgIpc) is 3.70. The van der Waals surface area contributed by atoms with Gasteiger partial charge in [-0.25, -0.2) is 19.9 Å². The van der Waals surface area contributed by atoms with Crippen LogP contribution in [0.2, 0.25) is 0 Å². The fourth-order valence-corrected chi connectivity index (χ4v) is 7.24. The van der Waals surface area contributed by atoms with E-state index in [1.807, 2.05) is 72.8 Å². The van der Waals surface area contributed by atoms with Crippen molar-refractivity contribution in [2.24, 2.45) is 0 Å². The number of benzene rings is 7. The van der Waals surface area contributed by atoms with Crippen LogP contribution < -0.4 is 0 Å². The molecule has 0 saturated carbocycles. The summed E-state index contributed by atoms with van der Waals surface area (Å²) in [5, 5.41) is 0. The first-order valence-corrected chi connectivity index (χ1v) is 18.9. The first-order chi connectivity index (χ1) is 28.2. The van der Waals surface area contributed by atoms with Crippen molar-refractivity contribution in [1.29, 1.82) is 0 Å². The van der Waals surface area contributed by atoms with Crippen molar-refractivity contribution in [3.05, 3.63) is 206 Å². The number of para-hydroxylation sites is 2. The summed E-state index contributed by atoms with van der Waals surface area (Å²) in [6.45, 7) is 0. The molecule has 0 radical (unpaired) electrons. The van der Waals surface area contributed by atoms with Crippen LogP contribution in [-0.4, -0.2) is 29.5 Å². The first-order valence-electron chi connectivity index (χ1n) is 18.9. The Kier molecular flexibility index (Phi) is 8.74. The second-order valence-electron chi connectivity index (χ2n) is 13.8. The van der Waals surface area contributed by atoms with Crippen molar-refractivity contribution < 1.29 is 0 Å². The molecule has 6 heteroatoms. The molecule has 0 unspecified atom stereocenters. The van der Waals surface area contributed by atoms with Crippen molar-refractivity contribution in [3.8, 4) is 84.7 Å². The summed E-state index contributed by atoms with van der Waals surface area (Å²) in [5.74, 6) is 2.73. The molecule has 268 valence electrons. The Morgan fingerprint density at radius 1 is 0.316 bits per heavy atom. The fourth-order valence-electron chi connectivity index (χ4n) is 7.24. The second kappa shape index (κ2) is 14.8. The van der Waals surface area contributed by atoms with Crippen LogP contribution >= 0.6 is 0 Å². The van der Waals surface area contributed by atoms with Crippen LogP contribution in [0.1, 0.15) is 0 Å². The van der Waals surface area contributed by atoms with Crippen LogP contribution in [0.5, 0.6) is 0 Å². The summed E-state index contributed by atoms with van der Waals surface area (Å²) in [6, 6.07) is 68.7. The molecular weight excluding hydrogens is 697 g/mol. The summed E-state index contributed by atoms with van der Waals surface area (Å²) < 4.78 is 2.18. The number of pyridine rings is 1. The SMILES string of the molecule is c1ccc(-c2cccc(-c3nc(-c4ccccc4)nc(-c4ccc(-c5ccc(-c6ccc(-n7c(-c8ccccn8)nc8ccccc87)cc6)cc5)cc4)n3)c2)cc1. The van der Waals surface area contributed by atoms with Gasteiger partial charge in [-0.1, -0.05) is 158 Å². The Hall–Kier alpha value is -7.83. The highest BCUT2D eigenvalue weighted by atomic mass is 15.1. The Labute approximate surface area is 330 Å². The van der Waals surface area contributed by atoms with Gasteiger partial charge in [0.05, 0.1) is 11.0 Å². The molecular formula is C51H34N6. The van der Waals surface area contributed by atoms with Gasteiger partial charge in [0.1, 0.15) is 5.69 Å². The Bertz CT molecular complexity index is 2960. The molecule has 0 aliphatic heterocycles. The van der Waals surface area contributed by atoms with E-state index in [9.17, 15) is 0 Å². The molecule has 10 rings (SSSR count). The van der Waals surface area contributed by atoms with E-state index in [4.69, 9.17) is 19.9 Å². The summed E-state index contributed by atoms with van der Waals surface area (Å²) in [6.07, 6.45) is 1.81. The predicted octanol–water partition coefficient (Wildman–Crippen LogP) is 12.3. The lowest BCUT2D eigenvalue weighted by atomic mass is 9.99. The van der Waals surface area contributed by atoms with Crippen LogP contribution in [0, 0.1) is 0 Å². The lowest BCUT2D eigenvalue weighted by Crippen LogP contribution is -2.00. The van der Waals surface area contributed by atoms with Gasteiger partial charge in [0, 0.05) is 28.6 Å². The van der Waals surface area contributed by atoms with Gasteiger partial charge < -0.3 is 0 Å². The number of hydrogen-bond acceptors (Lipinski definition) is 5. The van der Waals surface area contributed by atoms with Gasteiger partial charge in [0.15, 0.2) is 23.3 Å². The number of nitrogens with zero attached hydrogens (tertiary/aromatic N) is 6. The van der Waals surface area contributed by atoms with Gasteiger partial charge in [-0.3, -0.25) is 9.55 Å². The zero-order valence-corrected chi connectivity index (χ0v) is 30.8. The molecule has 0 aliphatic carbocycles. The van der Waals surface area contributed by atoms with Crippen LogP contribution in [0.3, 0.4) is 0 Å². The predicted molar refractivity (Wildman–Crippen MR) is 230 cm³/mol. The molecule has 0 aliphatic rings. The van der Waals surface area contributed by atoms with Gasteiger partial charge in [0.25, 0.3) is 0 Å². The Morgan fingerprint density at radius 3 is 1.39 bits per heavy atom. The quantitative estimate of drug-likeness (QED) is 0.156. The third kappa shape index (κ3) is 6.77. The highest BCUT2D eigenvalue weighted by Gasteiger charge is 2.16. The minimum Gasteiger partial charge on any atom is -0.291 e. The summed E-state index contributed by atoms with van der Waals surface area (Å²) >= 11 is 0. The number of imidazole rings is 1. The zero-order chi connectivity index (χ0) is 38.0. The molecule has 0 bridgehead atoms. The van der Waals surface area contributed by atoms with Crippen LogP contribution in [-0.2, 0) is 0 Å². The molecule has 0 saturated heterocycles. The van der Waals surface area contributed by atoms with Gasteiger partial charge >= 0.3 is 0 Å². The number of aromatic nitrogens is 6. The van der Waals surface area contributed by atoms with E-state index in [0.717, 1.165) is 78.3 Å². The van der Waals surface area contributed by atoms with E-state index >= 15 is 0 Å². The standard InChI is InChI=1S/C51H34N6/c1-3-12-35(13-4-1)42-16-11-17-43(34-42)50-55-48(40-14-5-2-6-15-40)54-49(56-50)41-27-25-38(26-28-41)36-21-23-37(24-22-36)39-29-31-44(32-30-39)57-47-20-8-7-18-45(47)53-51(57)46-19-9-10-33-52-46/h1-34H. The summed E-state index contributed by atoms with van der Waals surface area (Å²) in [7, 11) is 0. The number of rotatable bonds is 8. The molecule has 6 nitrogen and oxygen atoms in total. The normalized spacial score (nSPS) is 11.2. The third-order valence-electron chi connectivity index (χ3n) is 10.2. The molecule has 57 heavy (non-hydrogen) atoms. The smallest absolute Gasteiger partial charge is 0.164 e. The maximum absolute atomic E-state index is 5.01. The minimum absolute atomic E-state index is 0.630. The molecule has 10 aromatic rings. The van der Waals surface area contributed by atoms with Crippen molar-refractivity contribution in [1.82, 2.24) is 29.5 Å². The highest BCUT2D eigenvalue weighted by Crippen LogP contribution is 2.32. The molecule has 0 amide bonds. The fraction of sp³-hybridized carbons (Fsp3) is 0. The van der Waals surface area contributed by atoms with E-state index in [2.05, 4.69) is 137 Å². The summed E-state index contributed by atoms with van der Waals surface area (Å²) in [4.78, 5) is 24.4. The first kappa shape index (κ1) is 33.7. The lowest BCUT2D eigenvalue weighted by Gasteiger charge is -2.11. The topological polar surface area (TPSA) is 69.4 Å². The van der Waals surface area contributed by atoms with E-state index in [1.54, 1.807) is 6.20 Å². The molecule has 7 aromatic carbocycles. The van der Waals surface area contributed by atoms with E-state index in [1.165, 1.54) is 0 Å². The summed E-state index contributed by atoms with van der Waals surface area (Å²) in [5.41, 5.74) is 13.4. The Morgan fingerprint density at radius 2 is 0.772 bits per heavy atom. The molecule has 0 fully saturated rings. The van der Waals surface area contributed by atoms with Crippen molar-refractivity contribution in [2.75, 3.05) is 0 Å². The third-order valence-corrected chi connectivity index (χ3v) is 10.2. The van der Waals surface area contributed by atoms with Crippen LogP contribution in [0.25, 0.3) is 95.8 Å². The van der Waals surface area contributed by atoms with Gasteiger partial charge in [0.2, 0.25) is 0 Å². The lowest BCUT2D eigenvalue weighted by molar-refractivity contribution is 1.07. The van der Waals surface area contributed by atoms with Gasteiger partial charge in [-0.05, 0) is 75.8 Å². The molecule has 3 aromatic heterocycles. The molecule has 0 N–H and O–H groups in total. The van der Waals surface area contributed by atoms with Gasteiger partial charge in [-0.15, -0.1) is 0 Å². The number of hydrogen-bond donors (Lipinski definition) is 0. The Balaban J connectivity index is 0.927. The minimum atomic E-state index is 0.630. The monoisotopic (exact) mass is 730 g/mol. The average molecular weight is 731 g/mol. The molecule has 3 heterocycles. The van der Waals surface area contributed by atoms with E-state index < -0.39 is 0 Å². The van der Waals surface area contributed by atoms with E-state index in [-0.39, 0.29) is 0 Å². The zero-order valence-electron chi connectivity index (χ0n) is 30.8. The maximum atomic E-state index is 5.01. The van der Waals surface area contributed by atoms with E-state index in [0.29, 0.717) is 17.5 Å². The van der Waals surface area contributed by atoms with Crippen molar-refractivity contribution >= 4 is 11.0 Å². The van der Waals surface area contributed by atoms with Crippen molar-refractivity contribution in [3.63, 3.8) is 0 Å². The second-order valence-corrected chi connectivity index (χ2v) is 13.8. The molecule has 0 spiro atoms. The number of fused-ring (bicyclic) bond motifs is 1. The largest absolute Gasteiger partial charge is 0.291 e. The van der Waals surface area contributed by atoms with Crippen LogP contribution in [0.15, 0.2) is 206 Å².